The fourth-order valence-corrected chi connectivity index (χ4v) is 3.44. The highest BCUT2D eigenvalue weighted by Crippen LogP contribution is 2.34. The van der Waals surface area contributed by atoms with Gasteiger partial charge in [-0.25, -0.2) is 9.37 Å². The van der Waals surface area contributed by atoms with Crippen LogP contribution in [0, 0.1) is 5.82 Å². The van der Waals surface area contributed by atoms with Gasteiger partial charge >= 0.3 is 5.97 Å². The Kier molecular flexibility index (Phi) is 4.35. The second-order valence-corrected chi connectivity index (χ2v) is 6.01. The molecule has 0 aliphatic carbocycles. The molecule has 22 heavy (non-hydrogen) atoms. The van der Waals surface area contributed by atoms with Gasteiger partial charge in [0.2, 0.25) is 0 Å². The van der Waals surface area contributed by atoms with Gasteiger partial charge in [-0.2, -0.15) is 0 Å². The normalized spacial score (nSPS) is 15.0. The maximum Gasteiger partial charge on any atom is 0.308 e. The summed E-state index contributed by atoms with van der Waals surface area (Å²) in [6.45, 7) is 2.76. The molecular weight excluding hydrogens is 307 g/mol. The fraction of sp³-hybridized carbons (Fsp3) is 0.333. The SMILES string of the molecule is O=C(O)Cc1sc(N2CCOCC2)nc1-c1ccc(F)cc1. The van der Waals surface area contributed by atoms with Gasteiger partial charge in [-0.05, 0) is 24.3 Å². The van der Waals surface area contributed by atoms with Crippen LogP contribution >= 0.6 is 11.3 Å². The molecule has 1 aromatic carbocycles. The summed E-state index contributed by atoms with van der Waals surface area (Å²) in [5.41, 5.74) is 1.35. The lowest BCUT2D eigenvalue weighted by Gasteiger charge is -2.26. The van der Waals surface area contributed by atoms with Crippen LogP contribution in [0.4, 0.5) is 9.52 Å². The summed E-state index contributed by atoms with van der Waals surface area (Å²) in [5.74, 6) is -1.23. The molecule has 1 fully saturated rings. The van der Waals surface area contributed by atoms with E-state index >= 15 is 0 Å². The van der Waals surface area contributed by atoms with Crippen molar-refractivity contribution in [2.75, 3.05) is 31.2 Å². The van der Waals surface area contributed by atoms with Crippen LogP contribution in [0.1, 0.15) is 4.88 Å². The highest BCUT2D eigenvalue weighted by molar-refractivity contribution is 7.16. The number of aliphatic carboxylic acids is 1. The van der Waals surface area contributed by atoms with Crippen LogP contribution in [-0.2, 0) is 16.0 Å². The molecule has 0 bridgehead atoms. The number of rotatable bonds is 4. The molecule has 116 valence electrons. The number of aromatic nitrogens is 1. The van der Waals surface area contributed by atoms with Crippen molar-refractivity contribution >= 4 is 22.4 Å². The zero-order valence-electron chi connectivity index (χ0n) is 11.8. The van der Waals surface area contributed by atoms with Gasteiger partial charge < -0.3 is 14.7 Å². The lowest BCUT2D eigenvalue weighted by atomic mass is 10.1. The molecule has 2 aromatic rings. The van der Waals surface area contributed by atoms with Crippen molar-refractivity contribution in [3.05, 3.63) is 35.0 Å². The molecule has 3 rings (SSSR count). The second-order valence-electron chi connectivity index (χ2n) is 4.95. The lowest BCUT2D eigenvalue weighted by Crippen LogP contribution is -2.36. The maximum atomic E-state index is 13.1. The third-order valence-electron chi connectivity index (χ3n) is 3.40. The quantitative estimate of drug-likeness (QED) is 0.936. The van der Waals surface area contributed by atoms with Crippen molar-refractivity contribution in [1.29, 1.82) is 0 Å². The standard InChI is InChI=1S/C15H15FN2O3S/c16-11-3-1-10(2-4-11)14-12(9-13(19)20)22-15(17-14)18-5-7-21-8-6-18/h1-4H,5-9H2,(H,19,20). The number of carbonyl (C=O) groups is 1. The number of carboxylic acid groups (broad SMARTS) is 1. The van der Waals surface area contributed by atoms with E-state index < -0.39 is 5.97 Å². The fourth-order valence-electron chi connectivity index (χ4n) is 2.32. The predicted octanol–water partition coefficient (Wildman–Crippen LogP) is 2.41. The minimum Gasteiger partial charge on any atom is -0.481 e. The first-order valence-corrected chi connectivity index (χ1v) is 7.75. The van der Waals surface area contributed by atoms with Crippen molar-refractivity contribution in [3.63, 3.8) is 0 Å². The number of ether oxygens (including phenoxy) is 1. The molecule has 1 aromatic heterocycles. The van der Waals surface area contributed by atoms with Gasteiger partial charge in [0.25, 0.3) is 0 Å². The summed E-state index contributed by atoms with van der Waals surface area (Å²) in [5, 5.41) is 9.88. The van der Waals surface area contributed by atoms with Crippen LogP contribution in [-0.4, -0.2) is 42.4 Å². The summed E-state index contributed by atoms with van der Waals surface area (Å²) in [7, 11) is 0. The van der Waals surface area contributed by atoms with Crippen LogP contribution in [0.3, 0.4) is 0 Å². The number of carboxylic acids is 1. The summed E-state index contributed by atoms with van der Waals surface area (Å²) >= 11 is 1.38. The number of benzene rings is 1. The molecule has 0 saturated carbocycles. The largest absolute Gasteiger partial charge is 0.481 e. The maximum absolute atomic E-state index is 13.1. The van der Waals surface area contributed by atoms with Crippen molar-refractivity contribution in [2.45, 2.75) is 6.42 Å². The van der Waals surface area contributed by atoms with Crippen molar-refractivity contribution < 1.29 is 19.0 Å². The molecule has 0 radical (unpaired) electrons. The monoisotopic (exact) mass is 322 g/mol. The third-order valence-corrected chi connectivity index (χ3v) is 4.51. The van der Waals surface area contributed by atoms with E-state index in [1.165, 1.54) is 23.5 Å². The van der Waals surface area contributed by atoms with E-state index in [0.717, 1.165) is 23.8 Å². The van der Waals surface area contributed by atoms with Crippen LogP contribution in [0.2, 0.25) is 0 Å². The second kappa shape index (κ2) is 6.41. The first-order valence-electron chi connectivity index (χ1n) is 6.93. The van der Waals surface area contributed by atoms with Gasteiger partial charge in [-0.15, -0.1) is 11.3 Å². The smallest absolute Gasteiger partial charge is 0.308 e. The van der Waals surface area contributed by atoms with E-state index in [1.807, 2.05) is 0 Å². The van der Waals surface area contributed by atoms with Gasteiger partial charge in [-0.3, -0.25) is 4.79 Å². The van der Waals surface area contributed by atoms with Gasteiger partial charge in [0.1, 0.15) is 5.82 Å². The minimum atomic E-state index is -0.902. The number of morpholine rings is 1. The number of halogens is 1. The Morgan fingerprint density at radius 1 is 1.32 bits per heavy atom. The molecular formula is C15H15FN2O3S. The highest BCUT2D eigenvalue weighted by atomic mass is 32.1. The molecule has 1 N–H and O–H groups in total. The van der Waals surface area contributed by atoms with Crippen molar-refractivity contribution in [3.8, 4) is 11.3 Å². The van der Waals surface area contributed by atoms with Crippen LogP contribution in [0.25, 0.3) is 11.3 Å². The van der Waals surface area contributed by atoms with Crippen LogP contribution < -0.4 is 4.90 Å². The molecule has 1 saturated heterocycles. The summed E-state index contributed by atoms with van der Waals surface area (Å²) in [4.78, 5) is 18.4. The van der Waals surface area contributed by atoms with Gasteiger partial charge in [0, 0.05) is 23.5 Å². The number of anilines is 1. The predicted molar refractivity (Wildman–Crippen MR) is 81.9 cm³/mol. The van der Waals surface area contributed by atoms with Gasteiger partial charge in [0.15, 0.2) is 5.13 Å². The van der Waals surface area contributed by atoms with E-state index in [9.17, 15) is 9.18 Å². The molecule has 5 nitrogen and oxygen atoms in total. The Morgan fingerprint density at radius 2 is 2.00 bits per heavy atom. The molecule has 0 spiro atoms. The van der Waals surface area contributed by atoms with E-state index in [2.05, 4.69) is 9.88 Å². The number of thiazole rings is 1. The topological polar surface area (TPSA) is 62.7 Å². The average molecular weight is 322 g/mol. The van der Waals surface area contributed by atoms with Gasteiger partial charge in [0.05, 0.1) is 25.3 Å². The van der Waals surface area contributed by atoms with Crippen molar-refractivity contribution in [2.24, 2.45) is 0 Å². The van der Waals surface area contributed by atoms with Crippen molar-refractivity contribution in [1.82, 2.24) is 4.98 Å². The van der Waals surface area contributed by atoms with E-state index in [1.54, 1.807) is 12.1 Å². The van der Waals surface area contributed by atoms with E-state index in [0.29, 0.717) is 23.8 Å². The molecule has 1 aliphatic heterocycles. The Hall–Kier alpha value is -1.99. The molecule has 1 aliphatic rings. The number of nitrogens with zero attached hydrogens (tertiary/aromatic N) is 2. The lowest BCUT2D eigenvalue weighted by molar-refractivity contribution is -0.136. The summed E-state index contributed by atoms with van der Waals surface area (Å²) in [6, 6.07) is 5.96. The molecule has 2 heterocycles. The van der Waals surface area contributed by atoms with E-state index in [4.69, 9.17) is 9.84 Å². The average Bonchev–Trinajstić information content (AvgIpc) is 2.92. The number of hydrogen-bond donors (Lipinski definition) is 1. The zero-order chi connectivity index (χ0) is 15.5. The Balaban J connectivity index is 1.96. The number of hydrogen-bond acceptors (Lipinski definition) is 5. The van der Waals surface area contributed by atoms with E-state index in [-0.39, 0.29) is 12.2 Å². The minimum absolute atomic E-state index is 0.0886. The first kappa shape index (κ1) is 14.9. The molecule has 0 atom stereocenters. The third kappa shape index (κ3) is 3.26. The summed E-state index contributed by atoms with van der Waals surface area (Å²) in [6.07, 6.45) is -0.0886. The van der Waals surface area contributed by atoms with Gasteiger partial charge in [-0.1, -0.05) is 0 Å². The van der Waals surface area contributed by atoms with Crippen LogP contribution in [0.15, 0.2) is 24.3 Å². The Morgan fingerprint density at radius 3 is 2.64 bits per heavy atom. The first-order chi connectivity index (χ1) is 10.6. The Bertz CT molecular complexity index is 666. The molecule has 0 amide bonds. The molecule has 7 heteroatoms. The van der Waals surface area contributed by atoms with Crippen LogP contribution in [0.5, 0.6) is 0 Å². The Labute approximate surface area is 131 Å². The zero-order valence-corrected chi connectivity index (χ0v) is 12.6. The summed E-state index contributed by atoms with van der Waals surface area (Å²) < 4.78 is 18.4. The highest BCUT2D eigenvalue weighted by Gasteiger charge is 2.20. The molecule has 0 unspecified atom stereocenters.